The van der Waals surface area contributed by atoms with Gasteiger partial charge in [0.05, 0.1) is 12.1 Å². The number of hydrogen-bond donors (Lipinski definition) is 2. The number of nitrogens with zero attached hydrogens (tertiary/aromatic N) is 1. The zero-order valence-electron chi connectivity index (χ0n) is 8.98. The molecule has 0 bridgehead atoms. The zero-order valence-corrected chi connectivity index (χ0v) is 8.98. The molecule has 1 amide bonds. The molecule has 5 nitrogen and oxygen atoms in total. The average molecular weight is 214 g/mol. The molecule has 2 saturated heterocycles. The van der Waals surface area contributed by atoms with E-state index in [1.807, 2.05) is 0 Å². The lowest BCUT2D eigenvalue weighted by atomic mass is 10.1. The van der Waals surface area contributed by atoms with Crippen molar-refractivity contribution in [3.63, 3.8) is 0 Å². The van der Waals surface area contributed by atoms with Gasteiger partial charge >= 0.3 is 0 Å². The van der Waals surface area contributed by atoms with Gasteiger partial charge in [-0.2, -0.15) is 0 Å². The summed E-state index contributed by atoms with van der Waals surface area (Å²) in [6, 6.07) is -0.110. The lowest BCUT2D eigenvalue weighted by Crippen LogP contribution is -2.48. The number of aliphatic hydroxyl groups is 1. The Morgan fingerprint density at radius 1 is 1.53 bits per heavy atom. The number of nitrogens with one attached hydrogen (secondary N) is 1. The lowest BCUT2D eigenvalue weighted by Gasteiger charge is -2.28. The highest BCUT2D eigenvalue weighted by molar-refractivity contribution is 5.81. The first-order valence-corrected chi connectivity index (χ1v) is 5.47. The van der Waals surface area contributed by atoms with Gasteiger partial charge in [0.25, 0.3) is 5.91 Å². The van der Waals surface area contributed by atoms with Crippen molar-refractivity contribution in [1.82, 2.24) is 10.2 Å². The minimum Gasteiger partial charge on any atom is -0.390 e. The highest BCUT2D eigenvalue weighted by Gasteiger charge is 2.35. The van der Waals surface area contributed by atoms with Gasteiger partial charge in [-0.1, -0.05) is 0 Å². The predicted molar refractivity (Wildman–Crippen MR) is 54.4 cm³/mol. The molecule has 86 valence electrons. The third-order valence-corrected chi connectivity index (χ3v) is 3.20. The molecule has 2 heterocycles. The van der Waals surface area contributed by atoms with Gasteiger partial charge < -0.3 is 20.1 Å². The maximum absolute atomic E-state index is 11.9. The molecule has 0 aromatic carbocycles. The van der Waals surface area contributed by atoms with Gasteiger partial charge in [-0.15, -0.1) is 0 Å². The average Bonchev–Trinajstić information content (AvgIpc) is 2.85. The molecule has 2 rings (SSSR count). The van der Waals surface area contributed by atoms with Gasteiger partial charge in [0.1, 0.15) is 6.10 Å². The molecule has 2 fully saturated rings. The van der Waals surface area contributed by atoms with Crippen LogP contribution in [0.3, 0.4) is 0 Å². The van der Waals surface area contributed by atoms with E-state index in [4.69, 9.17) is 4.74 Å². The standard InChI is InChI=1S/C10H18N2O3/c1-12(7-5-11-6-8(7)13)10(14)9-3-2-4-15-9/h7-9,11,13H,2-6H2,1H3/t7-,8-,9?/m0/s1. The summed E-state index contributed by atoms with van der Waals surface area (Å²) in [6.07, 6.45) is 1.01. The minimum absolute atomic E-state index is 0.000231. The van der Waals surface area contributed by atoms with E-state index in [0.29, 0.717) is 19.7 Å². The number of ether oxygens (including phenoxy) is 1. The lowest BCUT2D eigenvalue weighted by molar-refractivity contribution is -0.143. The second-order valence-corrected chi connectivity index (χ2v) is 4.24. The first-order chi connectivity index (χ1) is 7.20. The molecule has 5 heteroatoms. The van der Waals surface area contributed by atoms with Crippen LogP contribution in [0, 0.1) is 0 Å². The Morgan fingerprint density at radius 2 is 2.33 bits per heavy atom. The monoisotopic (exact) mass is 214 g/mol. The van der Waals surface area contributed by atoms with Gasteiger partial charge in [0.2, 0.25) is 0 Å². The number of hydrogen-bond acceptors (Lipinski definition) is 4. The number of β-amino-alcohol motifs (C(OH)–C–C–N with tert-alkyl or cyclic N) is 1. The fourth-order valence-corrected chi connectivity index (χ4v) is 2.21. The molecule has 1 unspecified atom stereocenters. The number of likely N-dealkylation sites (N-methyl/N-ethyl adjacent to an activating group) is 1. The van der Waals surface area contributed by atoms with Crippen molar-refractivity contribution in [1.29, 1.82) is 0 Å². The number of rotatable bonds is 2. The molecule has 2 aliphatic rings. The molecule has 2 aliphatic heterocycles. The normalized spacial score (nSPS) is 35.7. The molecule has 0 saturated carbocycles. The summed E-state index contributed by atoms with van der Waals surface area (Å²) in [5, 5.41) is 12.7. The molecule has 0 aromatic rings. The summed E-state index contributed by atoms with van der Waals surface area (Å²) in [6.45, 7) is 1.90. The largest absolute Gasteiger partial charge is 0.390 e. The first kappa shape index (κ1) is 10.9. The Hall–Kier alpha value is -0.650. The molecule has 3 atom stereocenters. The maximum Gasteiger partial charge on any atom is 0.251 e. The van der Waals surface area contributed by atoms with E-state index in [2.05, 4.69) is 5.32 Å². The van der Waals surface area contributed by atoms with Crippen LogP contribution in [0.5, 0.6) is 0 Å². The van der Waals surface area contributed by atoms with Crippen molar-refractivity contribution in [2.75, 3.05) is 26.7 Å². The van der Waals surface area contributed by atoms with Crippen molar-refractivity contribution in [2.45, 2.75) is 31.1 Å². The number of aliphatic hydroxyl groups excluding tert-OH is 1. The van der Waals surface area contributed by atoms with E-state index in [0.717, 1.165) is 12.8 Å². The Morgan fingerprint density at radius 3 is 2.87 bits per heavy atom. The van der Waals surface area contributed by atoms with Gasteiger partial charge in [0.15, 0.2) is 0 Å². The van der Waals surface area contributed by atoms with E-state index < -0.39 is 6.10 Å². The summed E-state index contributed by atoms with van der Waals surface area (Å²) in [4.78, 5) is 13.6. The third-order valence-electron chi connectivity index (χ3n) is 3.20. The van der Waals surface area contributed by atoms with Crippen LogP contribution in [0.2, 0.25) is 0 Å². The van der Waals surface area contributed by atoms with E-state index >= 15 is 0 Å². The number of carbonyl (C=O) groups is 1. The van der Waals surface area contributed by atoms with Crippen LogP contribution in [0.15, 0.2) is 0 Å². The van der Waals surface area contributed by atoms with Crippen molar-refractivity contribution in [3.8, 4) is 0 Å². The van der Waals surface area contributed by atoms with E-state index in [9.17, 15) is 9.90 Å². The molecule has 0 aliphatic carbocycles. The van der Waals surface area contributed by atoms with Gasteiger partial charge in [-0.3, -0.25) is 4.79 Å². The van der Waals surface area contributed by atoms with E-state index in [1.165, 1.54) is 0 Å². The molecular formula is C10H18N2O3. The van der Waals surface area contributed by atoms with Gasteiger partial charge in [0, 0.05) is 26.7 Å². The molecular weight excluding hydrogens is 196 g/mol. The molecule has 0 aromatic heterocycles. The van der Waals surface area contributed by atoms with Crippen molar-refractivity contribution < 1.29 is 14.6 Å². The molecule has 15 heavy (non-hydrogen) atoms. The van der Waals surface area contributed by atoms with Crippen LogP contribution in [0.1, 0.15) is 12.8 Å². The molecule has 0 radical (unpaired) electrons. The minimum atomic E-state index is -0.458. The summed E-state index contributed by atoms with van der Waals surface area (Å²) in [5.41, 5.74) is 0. The Kier molecular flexibility index (Phi) is 3.23. The topological polar surface area (TPSA) is 61.8 Å². The van der Waals surface area contributed by atoms with Crippen LogP contribution in [0.25, 0.3) is 0 Å². The highest BCUT2D eigenvalue weighted by atomic mass is 16.5. The van der Waals surface area contributed by atoms with Crippen molar-refractivity contribution in [2.24, 2.45) is 0 Å². The second kappa shape index (κ2) is 4.47. The zero-order chi connectivity index (χ0) is 10.8. The summed E-state index contributed by atoms with van der Waals surface area (Å²) in [5.74, 6) is 0.000231. The van der Waals surface area contributed by atoms with Crippen LogP contribution < -0.4 is 5.32 Å². The fraction of sp³-hybridized carbons (Fsp3) is 0.900. The quantitative estimate of drug-likeness (QED) is 0.616. The van der Waals surface area contributed by atoms with Crippen LogP contribution in [-0.2, 0) is 9.53 Å². The summed E-state index contributed by atoms with van der Waals surface area (Å²) >= 11 is 0. The Balaban J connectivity index is 1.94. The van der Waals surface area contributed by atoms with Gasteiger partial charge in [-0.25, -0.2) is 0 Å². The van der Waals surface area contributed by atoms with Crippen LogP contribution in [0.4, 0.5) is 0 Å². The summed E-state index contributed by atoms with van der Waals surface area (Å²) < 4.78 is 5.34. The Bertz CT molecular complexity index is 241. The van der Waals surface area contributed by atoms with E-state index in [-0.39, 0.29) is 18.1 Å². The fourth-order valence-electron chi connectivity index (χ4n) is 2.21. The number of amides is 1. The maximum atomic E-state index is 11.9. The SMILES string of the molecule is CN(C(=O)C1CCCO1)[C@H]1CNC[C@@H]1O. The predicted octanol–water partition coefficient (Wildman–Crippen LogP) is -1.04. The van der Waals surface area contributed by atoms with Gasteiger partial charge in [-0.05, 0) is 12.8 Å². The van der Waals surface area contributed by atoms with E-state index in [1.54, 1.807) is 11.9 Å². The smallest absolute Gasteiger partial charge is 0.251 e. The van der Waals surface area contributed by atoms with Crippen molar-refractivity contribution >= 4 is 5.91 Å². The Labute approximate surface area is 89.4 Å². The second-order valence-electron chi connectivity index (χ2n) is 4.24. The molecule has 0 spiro atoms. The summed E-state index contributed by atoms with van der Waals surface area (Å²) in [7, 11) is 1.74. The molecule has 2 N–H and O–H groups in total. The van der Waals surface area contributed by atoms with Crippen LogP contribution in [-0.4, -0.2) is 60.9 Å². The number of carbonyl (C=O) groups excluding carboxylic acids is 1. The highest BCUT2D eigenvalue weighted by Crippen LogP contribution is 2.17. The van der Waals surface area contributed by atoms with Crippen LogP contribution >= 0.6 is 0 Å². The third kappa shape index (κ3) is 2.14. The first-order valence-electron chi connectivity index (χ1n) is 5.47. The van der Waals surface area contributed by atoms with Crippen molar-refractivity contribution in [3.05, 3.63) is 0 Å².